The van der Waals surface area contributed by atoms with E-state index in [1.165, 1.54) is 5.39 Å². The van der Waals surface area contributed by atoms with E-state index in [-0.39, 0.29) is 6.04 Å². The second kappa shape index (κ2) is 5.28. The zero-order valence-corrected chi connectivity index (χ0v) is 10.6. The van der Waals surface area contributed by atoms with Crippen LogP contribution in [0.15, 0.2) is 36.4 Å². The fourth-order valence-electron chi connectivity index (χ4n) is 1.97. The summed E-state index contributed by atoms with van der Waals surface area (Å²) in [6.07, 6.45) is 1.98. The molecule has 17 heavy (non-hydrogen) atoms. The molecule has 2 aromatic rings. The van der Waals surface area contributed by atoms with E-state index in [2.05, 4.69) is 37.0 Å². The lowest BCUT2D eigenvalue weighted by Crippen LogP contribution is -2.30. The number of nitrogens with two attached hydrogens (primary N) is 1. The fraction of sp³-hybridized carbons (Fsp3) is 0.400. The van der Waals surface area contributed by atoms with E-state index in [0.717, 1.165) is 24.1 Å². The molecule has 2 nitrogen and oxygen atoms in total. The standard InChI is InChI=1S/C15H20N2/c1-3-11(2)14(16)10-13-9-8-12-6-4-5-7-15(12)17-13/h4-9,11,14H,3,10,16H2,1-2H3. The average molecular weight is 228 g/mol. The van der Waals surface area contributed by atoms with Crippen molar-refractivity contribution in [3.05, 3.63) is 42.1 Å². The minimum Gasteiger partial charge on any atom is -0.327 e. The Kier molecular flexibility index (Phi) is 3.75. The summed E-state index contributed by atoms with van der Waals surface area (Å²) in [5.41, 5.74) is 8.31. The van der Waals surface area contributed by atoms with Crippen LogP contribution >= 0.6 is 0 Å². The highest BCUT2D eigenvalue weighted by Gasteiger charge is 2.12. The lowest BCUT2D eigenvalue weighted by molar-refractivity contribution is 0.437. The molecule has 1 aromatic heterocycles. The predicted octanol–water partition coefficient (Wildman–Crippen LogP) is 3.15. The maximum absolute atomic E-state index is 6.16. The Morgan fingerprint density at radius 3 is 2.71 bits per heavy atom. The summed E-state index contributed by atoms with van der Waals surface area (Å²) < 4.78 is 0. The maximum atomic E-state index is 6.16. The van der Waals surface area contributed by atoms with E-state index in [4.69, 9.17) is 5.73 Å². The molecule has 2 rings (SSSR count). The molecule has 2 atom stereocenters. The van der Waals surface area contributed by atoms with Crippen LogP contribution in [0.1, 0.15) is 26.0 Å². The maximum Gasteiger partial charge on any atom is 0.0705 e. The summed E-state index contributed by atoms with van der Waals surface area (Å²) in [5, 5.41) is 1.19. The topological polar surface area (TPSA) is 38.9 Å². The van der Waals surface area contributed by atoms with E-state index >= 15 is 0 Å². The van der Waals surface area contributed by atoms with Gasteiger partial charge in [-0.05, 0) is 18.1 Å². The number of fused-ring (bicyclic) bond motifs is 1. The number of aromatic nitrogens is 1. The van der Waals surface area contributed by atoms with Crippen LogP contribution in [0, 0.1) is 5.92 Å². The summed E-state index contributed by atoms with van der Waals surface area (Å²) >= 11 is 0. The highest BCUT2D eigenvalue weighted by molar-refractivity contribution is 5.78. The number of hydrogen-bond donors (Lipinski definition) is 1. The third kappa shape index (κ3) is 2.83. The van der Waals surface area contributed by atoms with Gasteiger partial charge in [0.15, 0.2) is 0 Å². The van der Waals surface area contributed by atoms with Gasteiger partial charge in [0.05, 0.1) is 5.52 Å². The molecule has 0 aliphatic heterocycles. The van der Waals surface area contributed by atoms with Crippen molar-refractivity contribution in [3.8, 4) is 0 Å². The molecule has 1 aromatic carbocycles. The molecule has 0 saturated carbocycles. The van der Waals surface area contributed by atoms with E-state index in [9.17, 15) is 0 Å². The Bertz CT molecular complexity index is 493. The lowest BCUT2D eigenvalue weighted by atomic mass is 9.95. The van der Waals surface area contributed by atoms with Crippen molar-refractivity contribution in [1.82, 2.24) is 4.98 Å². The Hall–Kier alpha value is -1.41. The first kappa shape index (κ1) is 12.1. The summed E-state index contributed by atoms with van der Waals surface area (Å²) in [7, 11) is 0. The SMILES string of the molecule is CCC(C)C(N)Cc1ccc2ccccc2n1. The van der Waals surface area contributed by atoms with Crippen LogP contribution in [0.25, 0.3) is 10.9 Å². The monoisotopic (exact) mass is 228 g/mol. The molecule has 0 aliphatic rings. The van der Waals surface area contributed by atoms with Crippen LogP contribution in [0.4, 0.5) is 0 Å². The molecule has 90 valence electrons. The van der Waals surface area contributed by atoms with E-state index in [1.807, 2.05) is 18.2 Å². The summed E-state index contributed by atoms with van der Waals surface area (Å²) in [4.78, 5) is 4.65. The van der Waals surface area contributed by atoms with Crippen LogP contribution in [0.3, 0.4) is 0 Å². The van der Waals surface area contributed by atoms with Gasteiger partial charge in [0, 0.05) is 23.5 Å². The highest BCUT2D eigenvalue weighted by atomic mass is 14.7. The molecule has 2 unspecified atom stereocenters. The molecule has 0 spiro atoms. The quantitative estimate of drug-likeness (QED) is 0.873. The van der Waals surface area contributed by atoms with Gasteiger partial charge in [-0.2, -0.15) is 0 Å². The van der Waals surface area contributed by atoms with Gasteiger partial charge in [-0.3, -0.25) is 4.98 Å². The second-order valence-electron chi connectivity index (χ2n) is 4.75. The van der Waals surface area contributed by atoms with Crippen LogP contribution < -0.4 is 5.73 Å². The van der Waals surface area contributed by atoms with Crippen molar-refractivity contribution >= 4 is 10.9 Å². The van der Waals surface area contributed by atoms with Crippen LogP contribution in [-0.4, -0.2) is 11.0 Å². The molecule has 0 saturated heterocycles. The zero-order chi connectivity index (χ0) is 12.3. The van der Waals surface area contributed by atoms with Crippen LogP contribution in [0.5, 0.6) is 0 Å². The van der Waals surface area contributed by atoms with Gasteiger partial charge in [0.25, 0.3) is 0 Å². The first-order valence-electron chi connectivity index (χ1n) is 6.31. The number of para-hydroxylation sites is 1. The molecule has 1 heterocycles. The Morgan fingerprint density at radius 1 is 1.18 bits per heavy atom. The average Bonchev–Trinajstić information content (AvgIpc) is 2.37. The minimum absolute atomic E-state index is 0.202. The Morgan fingerprint density at radius 2 is 1.94 bits per heavy atom. The van der Waals surface area contributed by atoms with Gasteiger partial charge < -0.3 is 5.73 Å². The summed E-state index contributed by atoms with van der Waals surface area (Å²) in [5.74, 6) is 0.545. The fourth-order valence-corrected chi connectivity index (χ4v) is 1.97. The number of nitrogens with zero attached hydrogens (tertiary/aromatic N) is 1. The predicted molar refractivity (Wildman–Crippen MR) is 72.9 cm³/mol. The summed E-state index contributed by atoms with van der Waals surface area (Å²) in [6.45, 7) is 4.38. The first-order chi connectivity index (χ1) is 8.20. The molecule has 0 fully saturated rings. The Balaban J connectivity index is 2.19. The van der Waals surface area contributed by atoms with Gasteiger partial charge in [0.1, 0.15) is 0 Å². The Labute approximate surface area is 103 Å². The van der Waals surface area contributed by atoms with E-state index in [0.29, 0.717) is 5.92 Å². The molecule has 0 radical (unpaired) electrons. The van der Waals surface area contributed by atoms with Gasteiger partial charge >= 0.3 is 0 Å². The number of hydrogen-bond acceptors (Lipinski definition) is 2. The van der Waals surface area contributed by atoms with Crippen LogP contribution in [-0.2, 0) is 6.42 Å². The van der Waals surface area contributed by atoms with Crippen molar-refractivity contribution in [1.29, 1.82) is 0 Å². The van der Waals surface area contributed by atoms with Gasteiger partial charge in [0.2, 0.25) is 0 Å². The van der Waals surface area contributed by atoms with Crippen molar-refractivity contribution in [2.75, 3.05) is 0 Å². The molecule has 0 amide bonds. The van der Waals surface area contributed by atoms with Gasteiger partial charge in [-0.25, -0.2) is 0 Å². The number of rotatable bonds is 4. The molecular formula is C15H20N2. The lowest BCUT2D eigenvalue weighted by Gasteiger charge is -2.17. The van der Waals surface area contributed by atoms with Crippen molar-refractivity contribution in [3.63, 3.8) is 0 Å². The summed E-state index contributed by atoms with van der Waals surface area (Å²) in [6, 6.07) is 12.6. The molecule has 0 aliphatic carbocycles. The molecule has 2 heteroatoms. The number of benzene rings is 1. The zero-order valence-electron chi connectivity index (χ0n) is 10.6. The second-order valence-corrected chi connectivity index (χ2v) is 4.75. The van der Waals surface area contributed by atoms with Gasteiger partial charge in [-0.1, -0.05) is 44.5 Å². The van der Waals surface area contributed by atoms with Crippen LogP contribution in [0.2, 0.25) is 0 Å². The van der Waals surface area contributed by atoms with E-state index in [1.54, 1.807) is 0 Å². The van der Waals surface area contributed by atoms with Crippen molar-refractivity contribution < 1.29 is 0 Å². The van der Waals surface area contributed by atoms with Gasteiger partial charge in [-0.15, -0.1) is 0 Å². The van der Waals surface area contributed by atoms with Crippen molar-refractivity contribution in [2.45, 2.75) is 32.7 Å². The smallest absolute Gasteiger partial charge is 0.0705 e. The molecule has 2 N–H and O–H groups in total. The van der Waals surface area contributed by atoms with Crippen molar-refractivity contribution in [2.24, 2.45) is 11.7 Å². The normalized spacial score (nSPS) is 14.8. The molecule has 0 bridgehead atoms. The highest BCUT2D eigenvalue weighted by Crippen LogP contribution is 2.15. The molecular weight excluding hydrogens is 208 g/mol. The van der Waals surface area contributed by atoms with E-state index < -0.39 is 0 Å². The largest absolute Gasteiger partial charge is 0.327 e. The number of pyridine rings is 1. The third-order valence-corrected chi connectivity index (χ3v) is 3.48. The minimum atomic E-state index is 0.202. The first-order valence-corrected chi connectivity index (χ1v) is 6.31. The third-order valence-electron chi connectivity index (χ3n) is 3.48.